The van der Waals surface area contributed by atoms with Gasteiger partial charge in [-0.1, -0.05) is 13.8 Å². The lowest BCUT2D eigenvalue weighted by atomic mass is 10.0. The van der Waals surface area contributed by atoms with Crippen LogP contribution in [0.15, 0.2) is 0 Å². The topological polar surface area (TPSA) is 55.4 Å². The second-order valence-corrected chi connectivity index (χ2v) is 5.22. The highest BCUT2D eigenvalue weighted by Gasteiger charge is 2.28. The molecule has 0 aliphatic carbocycles. The number of halogens is 1. The van der Waals surface area contributed by atoms with Crippen molar-refractivity contribution in [1.82, 2.24) is 5.32 Å². The van der Waals surface area contributed by atoms with Gasteiger partial charge in [-0.15, -0.1) is 11.6 Å². The molecular formula is C11H20ClNO3. The molecule has 0 saturated heterocycles. The van der Waals surface area contributed by atoms with E-state index < -0.39 is 17.6 Å². The third-order valence-corrected chi connectivity index (χ3v) is 2.01. The summed E-state index contributed by atoms with van der Waals surface area (Å²) in [6.07, 6.45) is 0. The summed E-state index contributed by atoms with van der Waals surface area (Å²) in [6, 6.07) is -0.648. The molecular weight excluding hydrogens is 230 g/mol. The van der Waals surface area contributed by atoms with Gasteiger partial charge in [0.05, 0.1) is 0 Å². The normalized spacial score (nSPS) is 13.4. The fraction of sp³-hybridized carbons (Fsp3) is 0.818. The van der Waals surface area contributed by atoms with Crippen molar-refractivity contribution in [3.63, 3.8) is 0 Å². The highest BCUT2D eigenvalue weighted by Crippen LogP contribution is 2.12. The average Bonchev–Trinajstić information content (AvgIpc) is 2.09. The minimum Gasteiger partial charge on any atom is -0.458 e. The molecule has 0 aromatic heterocycles. The fourth-order valence-electron chi connectivity index (χ4n) is 1.08. The quantitative estimate of drug-likeness (QED) is 0.610. The number of esters is 1. The van der Waals surface area contributed by atoms with Gasteiger partial charge < -0.3 is 10.1 Å². The molecule has 0 rings (SSSR count). The number of rotatable bonds is 4. The highest BCUT2D eigenvalue weighted by atomic mass is 35.5. The minimum atomic E-state index is -0.648. The van der Waals surface area contributed by atoms with Crippen molar-refractivity contribution < 1.29 is 14.3 Å². The average molecular weight is 250 g/mol. The lowest BCUT2D eigenvalue weighted by Gasteiger charge is -2.26. The van der Waals surface area contributed by atoms with Gasteiger partial charge in [-0.2, -0.15) is 0 Å². The first kappa shape index (κ1) is 15.2. The van der Waals surface area contributed by atoms with Gasteiger partial charge in [0.15, 0.2) is 0 Å². The zero-order chi connectivity index (χ0) is 12.9. The molecule has 0 saturated carbocycles. The van der Waals surface area contributed by atoms with Crippen LogP contribution in [0.5, 0.6) is 0 Å². The summed E-state index contributed by atoms with van der Waals surface area (Å²) >= 11 is 5.37. The molecule has 1 amide bonds. The third-order valence-electron chi connectivity index (χ3n) is 1.77. The van der Waals surface area contributed by atoms with Crippen molar-refractivity contribution in [3.05, 3.63) is 0 Å². The van der Waals surface area contributed by atoms with E-state index in [0.717, 1.165) is 0 Å². The van der Waals surface area contributed by atoms with Crippen LogP contribution in [-0.2, 0) is 14.3 Å². The van der Waals surface area contributed by atoms with Gasteiger partial charge in [-0.05, 0) is 26.7 Å². The molecule has 0 bridgehead atoms. The van der Waals surface area contributed by atoms with E-state index in [2.05, 4.69) is 5.32 Å². The SMILES string of the molecule is CC(C)C(NC(=O)CCl)C(=O)OC(C)(C)C. The number of ether oxygens (including phenoxy) is 1. The van der Waals surface area contributed by atoms with E-state index in [9.17, 15) is 9.59 Å². The Hall–Kier alpha value is -0.770. The van der Waals surface area contributed by atoms with Crippen LogP contribution < -0.4 is 5.32 Å². The lowest BCUT2D eigenvalue weighted by Crippen LogP contribution is -2.47. The number of nitrogens with one attached hydrogen (secondary N) is 1. The number of hydrogen-bond donors (Lipinski definition) is 1. The van der Waals surface area contributed by atoms with E-state index in [-0.39, 0.29) is 17.7 Å². The molecule has 0 heterocycles. The zero-order valence-corrected chi connectivity index (χ0v) is 11.2. The van der Waals surface area contributed by atoms with E-state index in [4.69, 9.17) is 16.3 Å². The van der Waals surface area contributed by atoms with E-state index >= 15 is 0 Å². The summed E-state index contributed by atoms with van der Waals surface area (Å²) in [5.74, 6) is -0.999. The molecule has 1 unspecified atom stereocenters. The number of carbonyl (C=O) groups is 2. The van der Waals surface area contributed by atoms with Gasteiger partial charge >= 0.3 is 5.97 Å². The zero-order valence-electron chi connectivity index (χ0n) is 10.5. The maximum absolute atomic E-state index is 11.8. The number of hydrogen-bond acceptors (Lipinski definition) is 3. The predicted octanol–water partition coefficient (Wildman–Crippen LogP) is 1.71. The Morgan fingerprint density at radius 3 is 2.12 bits per heavy atom. The van der Waals surface area contributed by atoms with Crippen molar-refractivity contribution in [1.29, 1.82) is 0 Å². The number of carbonyl (C=O) groups excluding carboxylic acids is 2. The molecule has 0 spiro atoms. The summed E-state index contributed by atoms with van der Waals surface area (Å²) in [6.45, 7) is 9.02. The van der Waals surface area contributed by atoms with Crippen LogP contribution in [-0.4, -0.2) is 29.4 Å². The second-order valence-electron chi connectivity index (χ2n) is 4.96. The Morgan fingerprint density at radius 2 is 1.81 bits per heavy atom. The molecule has 0 aliphatic rings. The van der Waals surface area contributed by atoms with Crippen molar-refractivity contribution >= 4 is 23.5 Å². The van der Waals surface area contributed by atoms with Gasteiger partial charge in [0.1, 0.15) is 17.5 Å². The summed E-state index contributed by atoms with van der Waals surface area (Å²) in [7, 11) is 0. The molecule has 0 radical (unpaired) electrons. The van der Waals surface area contributed by atoms with Crippen LogP contribution in [0.3, 0.4) is 0 Å². The summed E-state index contributed by atoms with van der Waals surface area (Å²) < 4.78 is 5.21. The van der Waals surface area contributed by atoms with Crippen molar-refractivity contribution in [2.75, 3.05) is 5.88 Å². The Kier molecular flexibility index (Phi) is 5.79. The molecule has 16 heavy (non-hydrogen) atoms. The van der Waals surface area contributed by atoms with Crippen LogP contribution in [0, 0.1) is 5.92 Å². The second kappa shape index (κ2) is 6.09. The molecule has 0 aliphatic heterocycles. The first-order valence-corrected chi connectivity index (χ1v) is 5.79. The lowest BCUT2D eigenvalue weighted by molar-refractivity contribution is -0.159. The molecule has 1 N–H and O–H groups in total. The van der Waals surface area contributed by atoms with Gasteiger partial charge in [0.25, 0.3) is 0 Å². The Labute approximate surface area is 102 Å². The predicted molar refractivity (Wildman–Crippen MR) is 63.3 cm³/mol. The van der Waals surface area contributed by atoms with E-state index in [1.165, 1.54) is 0 Å². The first-order valence-electron chi connectivity index (χ1n) is 5.25. The van der Waals surface area contributed by atoms with Crippen LogP contribution in [0.2, 0.25) is 0 Å². The van der Waals surface area contributed by atoms with Crippen molar-refractivity contribution in [3.8, 4) is 0 Å². The van der Waals surface area contributed by atoms with Crippen LogP contribution >= 0.6 is 11.6 Å². The molecule has 4 nitrogen and oxygen atoms in total. The van der Waals surface area contributed by atoms with E-state index in [1.807, 2.05) is 13.8 Å². The summed E-state index contributed by atoms with van der Waals surface area (Å²) in [4.78, 5) is 22.9. The monoisotopic (exact) mass is 249 g/mol. The van der Waals surface area contributed by atoms with Crippen LogP contribution in [0.25, 0.3) is 0 Å². The smallest absolute Gasteiger partial charge is 0.329 e. The fourth-order valence-corrected chi connectivity index (χ4v) is 1.15. The molecule has 0 aromatic rings. The van der Waals surface area contributed by atoms with Gasteiger partial charge in [-0.3, -0.25) is 4.79 Å². The van der Waals surface area contributed by atoms with Gasteiger partial charge in [0.2, 0.25) is 5.91 Å². The molecule has 1 atom stereocenters. The van der Waals surface area contributed by atoms with Crippen molar-refractivity contribution in [2.24, 2.45) is 5.92 Å². The minimum absolute atomic E-state index is 0.0398. The Morgan fingerprint density at radius 1 is 1.31 bits per heavy atom. The first-order chi connectivity index (χ1) is 7.17. The maximum Gasteiger partial charge on any atom is 0.329 e. The molecule has 5 heteroatoms. The van der Waals surface area contributed by atoms with Gasteiger partial charge in [0, 0.05) is 0 Å². The van der Waals surface area contributed by atoms with Crippen molar-refractivity contribution in [2.45, 2.75) is 46.3 Å². The van der Waals surface area contributed by atoms with E-state index in [0.29, 0.717) is 0 Å². The summed E-state index contributed by atoms with van der Waals surface area (Å²) in [5, 5.41) is 2.54. The van der Waals surface area contributed by atoms with Gasteiger partial charge in [-0.25, -0.2) is 4.79 Å². The standard InChI is InChI=1S/C11H20ClNO3/c1-7(2)9(13-8(14)6-12)10(15)16-11(3,4)5/h7,9H,6H2,1-5H3,(H,13,14). The Bertz CT molecular complexity index is 258. The third kappa shape index (κ3) is 5.95. The Balaban J connectivity index is 4.54. The highest BCUT2D eigenvalue weighted by molar-refractivity contribution is 6.27. The summed E-state index contributed by atoms with van der Waals surface area (Å²) in [5.41, 5.74) is -0.560. The maximum atomic E-state index is 11.8. The molecule has 94 valence electrons. The number of amides is 1. The molecule has 0 aromatic carbocycles. The van der Waals surface area contributed by atoms with Crippen LogP contribution in [0.1, 0.15) is 34.6 Å². The molecule has 0 fully saturated rings. The van der Waals surface area contributed by atoms with Crippen LogP contribution in [0.4, 0.5) is 0 Å². The van der Waals surface area contributed by atoms with E-state index in [1.54, 1.807) is 20.8 Å². The largest absolute Gasteiger partial charge is 0.458 e. The number of alkyl halides is 1.